The van der Waals surface area contributed by atoms with Crippen LogP contribution in [0.25, 0.3) is 119 Å². The van der Waals surface area contributed by atoms with Gasteiger partial charge in [0.2, 0.25) is 0 Å². The van der Waals surface area contributed by atoms with Gasteiger partial charge in [0.1, 0.15) is 11.3 Å². The van der Waals surface area contributed by atoms with Crippen molar-refractivity contribution in [3.8, 4) is 55.8 Å². The first-order valence-corrected chi connectivity index (χ1v) is 20.7. The average molecular weight is 755 g/mol. The van der Waals surface area contributed by atoms with E-state index in [1.165, 1.54) is 85.9 Å². The van der Waals surface area contributed by atoms with Crippen LogP contribution >= 0.6 is 11.3 Å². The Balaban J connectivity index is 1.09. The molecule has 12 aromatic rings. The number of fused-ring (bicyclic) bond motifs is 7. The summed E-state index contributed by atoms with van der Waals surface area (Å²) in [5.41, 5.74) is 11.5. The van der Waals surface area contributed by atoms with Crippen molar-refractivity contribution in [2.75, 3.05) is 0 Å². The zero-order valence-electron chi connectivity index (χ0n) is 31.4. The van der Waals surface area contributed by atoms with Gasteiger partial charge in [-0.2, -0.15) is 0 Å². The average Bonchev–Trinajstić information content (AvgIpc) is 3.88. The van der Waals surface area contributed by atoms with Crippen LogP contribution in [0.5, 0.6) is 0 Å². The van der Waals surface area contributed by atoms with E-state index in [1.54, 1.807) is 0 Å². The van der Waals surface area contributed by atoms with E-state index < -0.39 is 0 Å². The van der Waals surface area contributed by atoms with Crippen molar-refractivity contribution in [1.29, 1.82) is 0 Å². The van der Waals surface area contributed by atoms with Crippen molar-refractivity contribution < 1.29 is 4.42 Å². The summed E-state index contributed by atoms with van der Waals surface area (Å²) in [7, 11) is 0. The largest absolute Gasteiger partial charge is 0.455 e. The van der Waals surface area contributed by atoms with E-state index >= 15 is 0 Å². The maximum atomic E-state index is 7.05. The molecule has 270 valence electrons. The number of hydrogen-bond donors (Lipinski definition) is 0. The Morgan fingerprint density at radius 3 is 1.53 bits per heavy atom. The second-order valence-corrected chi connectivity index (χ2v) is 16.2. The summed E-state index contributed by atoms with van der Waals surface area (Å²) in [6, 6.07) is 75.0. The van der Waals surface area contributed by atoms with Gasteiger partial charge in [0.25, 0.3) is 0 Å². The second-order valence-electron chi connectivity index (χ2n) is 15.1. The van der Waals surface area contributed by atoms with Crippen LogP contribution in [0.1, 0.15) is 0 Å². The van der Waals surface area contributed by atoms with Crippen molar-refractivity contribution in [3.63, 3.8) is 0 Å². The molecule has 1 nitrogen and oxygen atoms in total. The maximum Gasteiger partial charge on any atom is 0.143 e. The van der Waals surface area contributed by atoms with Crippen molar-refractivity contribution >= 4 is 74.8 Å². The van der Waals surface area contributed by atoms with Gasteiger partial charge in [-0.05, 0) is 95.5 Å². The van der Waals surface area contributed by atoms with Gasteiger partial charge in [0.15, 0.2) is 0 Å². The highest BCUT2D eigenvalue weighted by molar-refractivity contribution is 7.25. The topological polar surface area (TPSA) is 13.1 Å². The molecular formula is C56H34OS. The molecule has 0 saturated carbocycles. The predicted molar refractivity (Wildman–Crippen MR) is 249 cm³/mol. The van der Waals surface area contributed by atoms with Crippen LogP contribution in [0, 0.1) is 0 Å². The molecule has 0 bridgehead atoms. The van der Waals surface area contributed by atoms with E-state index in [0.29, 0.717) is 0 Å². The molecule has 0 radical (unpaired) electrons. The maximum absolute atomic E-state index is 7.05. The Labute approximate surface area is 339 Å². The van der Waals surface area contributed by atoms with Crippen molar-refractivity contribution in [3.05, 3.63) is 206 Å². The Bertz CT molecular complexity index is 3490. The molecule has 2 aromatic heterocycles. The van der Waals surface area contributed by atoms with Gasteiger partial charge in [-0.1, -0.05) is 182 Å². The molecule has 12 rings (SSSR count). The summed E-state index contributed by atoms with van der Waals surface area (Å²) in [6.07, 6.45) is 0. The van der Waals surface area contributed by atoms with E-state index in [2.05, 4.69) is 206 Å². The van der Waals surface area contributed by atoms with E-state index in [9.17, 15) is 0 Å². The smallest absolute Gasteiger partial charge is 0.143 e. The highest BCUT2D eigenvalue weighted by Gasteiger charge is 2.24. The lowest BCUT2D eigenvalue weighted by molar-refractivity contribution is 0.632. The molecule has 10 aromatic carbocycles. The van der Waals surface area contributed by atoms with Gasteiger partial charge in [0.05, 0.1) is 0 Å². The van der Waals surface area contributed by atoms with Crippen molar-refractivity contribution in [2.45, 2.75) is 0 Å². The first-order valence-electron chi connectivity index (χ1n) is 19.8. The van der Waals surface area contributed by atoms with Gasteiger partial charge in [-0.3, -0.25) is 0 Å². The highest BCUT2D eigenvalue weighted by atomic mass is 32.1. The van der Waals surface area contributed by atoms with Gasteiger partial charge >= 0.3 is 0 Å². The van der Waals surface area contributed by atoms with Crippen LogP contribution in [-0.2, 0) is 0 Å². The second kappa shape index (κ2) is 13.2. The first kappa shape index (κ1) is 32.9. The van der Waals surface area contributed by atoms with E-state index in [-0.39, 0.29) is 0 Å². The van der Waals surface area contributed by atoms with Crippen LogP contribution in [0.4, 0.5) is 0 Å². The summed E-state index contributed by atoms with van der Waals surface area (Å²) in [6.45, 7) is 0. The molecule has 0 spiro atoms. The zero-order chi connectivity index (χ0) is 38.2. The fourth-order valence-electron chi connectivity index (χ4n) is 9.34. The zero-order valence-corrected chi connectivity index (χ0v) is 32.3. The number of thiophene rings is 1. The monoisotopic (exact) mass is 754 g/mol. The van der Waals surface area contributed by atoms with Gasteiger partial charge < -0.3 is 4.42 Å². The Morgan fingerprint density at radius 1 is 0.310 bits per heavy atom. The third-order valence-electron chi connectivity index (χ3n) is 11.9. The third-order valence-corrected chi connectivity index (χ3v) is 13.0. The quantitative estimate of drug-likeness (QED) is 0.160. The molecule has 0 fully saturated rings. The Morgan fingerprint density at radius 2 is 0.828 bits per heavy atom. The van der Waals surface area contributed by atoms with Crippen LogP contribution in [0.15, 0.2) is 211 Å². The van der Waals surface area contributed by atoms with Crippen molar-refractivity contribution in [1.82, 2.24) is 0 Å². The molecule has 0 aliphatic rings. The summed E-state index contributed by atoms with van der Waals surface area (Å²) in [5.74, 6) is 0.876. The lowest BCUT2D eigenvalue weighted by Gasteiger charge is -2.18. The molecule has 0 atom stereocenters. The van der Waals surface area contributed by atoms with Crippen LogP contribution in [0.2, 0.25) is 0 Å². The molecule has 2 heteroatoms. The SMILES string of the molecule is c1ccc(-c2c3ccccc3c(-c3ccc(-c4oc5cccc(-c6cccc7sc8ccccc8c67)c5c4-c4ccc5ccccc5c4)cc3)c3ccccc23)cc1. The van der Waals surface area contributed by atoms with Gasteiger partial charge in [-0.15, -0.1) is 11.3 Å². The molecule has 0 aliphatic heterocycles. The summed E-state index contributed by atoms with van der Waals surface area (Å²) in [4.78, 5) is 0. The minimum Gasteiger partial charge on any atom is -0.455 e. The number of rotatable bonds is 5. The number of hydrogen-bond acceptors (Lipinski definition) is 2. The molecular weight excluding hydrogens is 721 g/mol. The molecule has 0 amide bonds. The summed E-state index contributed by atoms with van der Waals surface area (Å²) in [5, 5.41) is 11.1. The van der Waals surface area contributed by atoms with E-state index in [0.717, 1.165) is 33.4 Å². The van der Waals surface area contributed by atoms with Crippen LogP contribution < -0.4 is 0 Å². The lowest BCUT2D eigenvalue weighted by Crippen LogP contribution is -1.91. The normalized spacial score (nSPS) is 11.8. The number of furan rings is 1. The molecule has 2 heterocycles. The summed E-state index contributed by atoms with van der Waals surface area (Å²) < 4.78 is 9.64. The predicted octanol–water partition coefficient (Wildman–Crippen LogP) is 16.6. The van der Waals surface area contributed by atoms with Gasteiger partial charge in [0, 0.05) is 36.7 Å². The van der Waals surface area contributed by atoms with E-state index in [4.69, 9.17) is 4.42 Å². The van der Waals surface area contributed by atoms with Crippen LogP contribution in [0.3, 0.4) is 0 Å². The molecule has 0 unspecified atom stereocenters. The highest BCUT2D eigenvalue weighted by Crippen LogP contribution is 2.49. The summed E-state index contributed by atoms with van der Waals surface area (Å²) >= 11 is 1.86. The first-order chi connectivity index (χ1) is 28.8. The Kier molecular flexibility index (Phi) is 7.47. The van der Waals surface area contributed by atoms with Crippen molar-refractivity contribution in [2.24, 2.45) is 0 Å². The minimum absolute atomic E-state index is 0.876. The molecule has 0 saturated heterocycles. The van der Waals surface area contributed by atoms with E-state index in [1.807, 2.05) is 11.3 Å². The molecule has 0 aliphatic carbocycles. The third kappa shape index (κ3) is 5.09. The van der Waals surface area contributed by atoms with Crippen LogP contribution in [-0.4, -0.2) is 0 Å². The standard InChI is InChI=1S/C56H34OS/c1-2-15-36(16-3-1)51-41-18-6-8-20-43(41)52(44-21-9-7-19-42(44)51)37-29-31-38(32-30-37)56-53(40-33-28-35-14-4-5-17-39(35)34-40)55-46(23-12-25-48(55)57-56)45-24-13-27-50-54(45)47-22-10-11-26-49(47)58-50/h1-34H. The fraction of sp³-hybridized carbons (Fsp3) is 0. The fourth-order valence-corrected chi connectivity index (χ4v) is 10.5. The minimum atomic E-state index is 0.876. The lowest BCUT2D eigenvalue weighted by atomic mass is 9.85. The van der Waals surface area contributed by atoms with Gasteiger partial charge in [-0.25, -0.2) is 0 Å². The Hall–Kier alpha value is -7.26. The number of benzene rings is 10. The molecule has 58 heavy (non-hydrogen) atoms. The molecule has 0 N–H and O–H groups in total.